The molecular formula is C30H41NO5. The summed E-state index contributed by atoms with van der Waals surface area (Å²) in [5, 5.41) is 3.84. The van der Waals surface area contributed by atoms with E-state index in [1.165, 1.54) is 51.4 Å². The molecule has 0 radical (unpaired) electrons. The van der Waals surface area contributed by atoms with Crippen LogP contribution in [-0.4, -0.2) is 33.8 Å². The highest BCUT2D eigenvalue weighted by atomic mass is 16.5. The number of hydrogen-bond donors (Lipinski definition) is 1. The van der Waals surface area contributed by atoms with Crippen LogP contribution in [0.3, 0.4) is 0 Å². The van der Waals surface area contributed by atoms with Crippen LogP contribution in [0.25, 0.3) is 22.1 Å². The molecule has 0 aliphatic rings. The number of amides is 1. The van der Waals surface area contributed by atoms with Gasteiger partial charge in [0.05, 0.1) is 33.2 Å². The van der Waals surface area contributed by atoms with Crippen molar-refractivity contribution in [3.8, 4) is 28.4 Å². The molecule has 0 saturated heterocycles. The van der Waals surface area contributed by atoms with Crippen LogP contribution in [0.2, 0.25) is 0 Å². The Balaban J connectivity index is 1.66. The van der Waals surface area contributed by atoms with E-state index in [4.69, 9.17) is 18.6 Å². The van der Waals surface area contributed by atoms with E-state index in [0.717, 1.165) is 29.4 Å². The summed E-state index contributed by atoms with van der Waals surface area (Å²) in [4.78, 5) is 13.3. The van der Waals surface area contributed by atoms with Gasteiger partial charge < -0.3 is 23.9 Å². The molecule has 1 amide bonds. The van der Waals surface area contributed by atoms with E-state index in [9.17, 15) is 4.79 Å². The molecule has 3 aromatic rings. The predicted octanol–water partition coefficient (Wildman–Crippen LogP) is 7.78. The molecule has 196 valence electrons. The number of nitrogens with one attached hydrogen (secondary N) is 1. The number of methoxy groups -OCH3 is 3. The molecule has 0 aliphatic carbocycles. The first kappa shape index (κ1) is 27.4. The predicted molar refractivity (Wildman–Crippen MR) is 145 cm³/mol. The lowest BCUT2D eigenvalue weighted by atomic mass is 9.99. The van der Waals surface area contributed by atoms with E-state index in [1.54, 1.807) is 39.7 Å². The lowest BCUT2D eigenvalue weighted by Crippen LogP contribution is -2.24. The second kappa shape index (κ2) is 14.4. The third kappa shape index (κ3) is 7.42. The van der Waals surface area contributed by atoms with E-state index in [-0.39, 0.29) is 5.91 Å². The van der Waals surface area contributed by atoms with Crippen LogP contribution in [-0.2, 0) is 0 Å². The smallest absolute Gasteiger partial charge is 0.252 e. The molecule has 1 aromatic heterocycles. The number of hydrogen-bond acceptors (Lipinski definition) is 5. The van der Waals surface area contributed by atoms with Gasteiger partial charge in [-0.15, -0.1) is 0 Å². The van der Waals surface area contributed by atoms with Gasteiger partial charge in [0.15, 0.2) is 0 Å². The highest BCUT2D eigenvalue weighted by molar-refractivity contribution is 6.11. The van der Waals surface area contributed by atoms with Gasteiger partial charge in [-0.1, -0.05) is 64.7 Å². The summed E-state index contributed by atoms with van der Waals surface area (Å²) in [5.41, 5.74) is 2.77. The van der Waals surface area contributed by atoms with Crippen LogP contribution < -0.4 is 19.5 Å². The zero-order valence-corrected chi connectivity index (χ0v) is 22.3. The summed E-state index contributed by atoms with van der Waals surface area (Å²) >= 11 is 0. The number of unbranched alkanes of at least 4 members (excludes halogenated alkanes) is 9. The van der Waals surface area contributed by atoms with Crippen molar-refractivity contribution in [3.63, 3.8) is 0 Å². The summed E-state index contributed by atoms with van der Waals surface area (Å²) in [7, 11) is 4.82. The minimum atomic E-state index is -0.132. The Kier molecular flexibility index (Phi) is 11.0. The molecule has 3 rings (SSSR count). The summed E-state index contributed by atoms with van der Waals surface area (Å²) in [5.74, 6) is 1.78. The zero-order valence-electron chi connectivity index (χ0n) is 22.3. The number of benzene rings is 2. The number of fused-ring (bicyclic) bond motifs is 1. The van der Waals surface area contributed by atoms with Crippen molar-refractivity contribution < 1.29 is 23.4 Å². The minimum absolute atomic E-state index is 0.132. The number of furan rings is 1. The molecule has 2 aromatic carbocycles. The Bertz CT molecular complexity index is 1080. The van der Waals surface area contributed by atoms with Crippen LogP contribution in [0, 0.1) is 0 Å². The Labute approximate surface area is 215 Å². The summed E-state index contributed by atoms with van der Waals surface area (Å²) in [6.07, 6.45) is 14.3. The lowest BCUT2D eigenvalue weighted by Gasteiger charge is -2.11. The highest BCUT2D eigenvalue weighted by Gasteiger charge is 2.20. The third-order valence-electron chi connectivity index (χ3n) is 6.61. The van der Waals surface area contributed by atoms with Gasteiger partial charge in [-0.3, -0.25) is 4.79 Å². The molecule has 0 fully saturated rings. The van der Waals surface area contributed by atoms with Gasteiger partial charge in [0.2, 0.25) is 0 Å². The first-order valence-corrected chi connectivity index (χ1v) is 13.2. The van der Waals surface area contributed by atoms with Gasteiger partial charge in [0.25, 0.3) is 5.91 Å². The Morgan fingerprint density at radius 1 is 0.750 bits per heavy atom. The fraction of sp³-hybridized carbons (Fsp3) is 0.500. The monoisotopic (exact) mass is 495 g/mol. The van der Waals surface area contributed by atoms with Crippen molar-refractivity contribution in [1.29, 1.82) is 0 Å². The normalized spacial score (nSPS) is 11.0. The van der Waals surface area contributed by atoms with Crippen molar-refractivity contribution in [3.05, 3.63) is 42.2 Å². The molecule has 0 unspecified atom stereocenters. The van der Waals surface area contributed by atoms with Crippen molar-refractivity contribution in [2.24, 2.45) is 0 Å². The maximum Gasteiger partial charge on any atom is 0.252 e. The highest BCUT2D eigenvalue weighted by Crippen LogP contribution is 2.38. The Hall–Kier alpha value is -3.15. The Morgan fingerprint density at radius 3 is 1.89 bits per heavy atom. The van der Waals surface area contributed by atoms with Crippen molar-refractivity contribution in [2.75, 3.05) is 27.9 Å². The molecule has 6 nitrogen and oxygen atoms in total. The topological polar surface area (TPSA) is 69.9 Å². The van der Waals surface area contributed by atoms with E-state index >= 15 is 0 Å². The average Bonchev–Trinajstić information content (AvgIpc) is 3.34. The van der Waals surface area contributed by atoms with Gasteiger partial charge in [-0.2, -0.15) is 0 Å². The standard InChI is InChI=1S/C30H41NO5/c1-5-6-7-8-9-10-11-12-13-14-15-31-30(32)26-19-25(35-4)20-28-29(26)27(21-36-28)22-16-23(33-2)18-24(17-22)34-3/h16-21H,5-15H2,1-4H3,(H,31,32). The van der Waals surface area contributed by atoms with E-state index in [2.05, 4.69) is 12.2 Å². The SMILES string of the molecule is CCCCCCCCCCCCNC(=O)c1cc(OC)cc2occ(-c3cc(OC)cc(OC)c3)c12. The maximum atomic E-state index is 13.3. The first-order chi connectivity index (χ1) is 17.6. The van der Waals surface area contributed by atoms with E-state index in [0.29, 0.717) is 34.9 Å². The molecule has 0 spiro atoms. The molecular weight excluding hydrogens is 454 g/mol. The van der Waals surface area contributed by atoms with Gasteiger partial charge in [0, 0.05) is 29.6 Å². The fourth-order valence-electron chi connectivity index (χ4n) is 4.52. The van der Waals surface area contributed by atoms with Gasteiger partial charge in [-0.05, 0) is 30.2 Å². The molecule has 0 bridgehead atoms. The lowest BCUT2D eigenvalue weighted by molar-refractivity contribution is 0.0954. The summed E-state index contributed by atoms with van der Waals surface area (Å²) in [6, 6.07) is 9.20. The van der Waals surface area contributed by atoms with Crippen LogP contribution in [0.1, 0.15) is 81.5 Å². The van der Waals surface area contributed by atoms with Crippen molar-refractivity contribution in [2.45, 2.75) is 71.1 Å². The fourth-order valence-corrected chi connectivity index (χ4v) is 4.52. The summed E-state index contributed by atoms with van der Waals surface area (Å²) in [6.45, 7) is 2.90. The molecule has 1 heterocycles. The van der Waals surface area contributed by atoms with Gasteiger partial charge in [-0.25, -0.2) is 0 Å². The Morgan fingerprint density at radius 2 is 1.31 bits per heavy atom. The van der Waals surface area contributed by atoms with E-state index in [1.807, 2.05) is 18.2 Å². The van der Waals surface area contributed by atoms with Crippen LogP contribution in [0.5, 0.6) is 17.2 Å². The molecule has 1 N–H and O–H groups in total. The van der Waals surface area contributed by atoms with Crippen molar-refractivity contribution >= 4 is 16.9 Å². The molecule has 0 atom stereocenters. The van der Waals surface area contributed by atoms with Crippen molar-refractivity contribution in [1.82, 2.24) is 5.32 Å². The number of carbonyl (C=O) groups excluding carboxylic acids is 1. The zero-order chi connectivity index (χ0) is 25.8. The number of rotatable bonds is 16. The number of ether oxygens (including phenoxy) is 3. The second-order valence-electron chi connectivity index (χ2n) is 9.24. The molecule has 0 saturated carbocycles. The average molecular weight is 496 g/mol. The van der Waals surface area contributed by atoms with Gasteiger partial charge >= 0.3 is 0 Å². The maximum absolute atomic E-state index is 13.3. The third-order valence-corrected chi connectivity index (χ3v) is 6.61. The van der Waals surface area contributed by atoms with Crippen LogP contribution >= 0.6 is 0 Å². The molecule has 36 heavy (non-hydrogen) atoms. The van der Waals surface area contributed by atoms with Crippen LogP contribution in [0.15, 0.2) is 41.0 Å². The molecule has 0 aliphatic heterocycles. The molecule has 6 heteroatoms. The first-order valence-electron chi connectivity index (χ1n) is 13.2. The van der Waals surface area contributed by atoms with Crippen LogP contribution in [0.4, 0.5) is 0 Å². The minimum Gasteiger partial charge on any atom is -0.497 e. The quantitative estimate of drug-likeness (QED) is 0.206. The van der Waals surface area contributed by atoms with Gasteiger partial charge in [0.1, 0.15) is 22.8 Å². The summed E-state index contributed by atoms with van der Waals surface area (Å²) < 4.78 is 22.2. The number of carbonyl (C=O) groups is 1. The largest absolute Gasteiger partial charge is 0.497 e. The second-order valence-corrected chi connectivity index (χ2v) is 9.24. The van der Waals surface area contributed by atoms with E-state index < -0.39 is 0 Å².